The van der Waals surface area contributed by atoms with E-state index >= 15 is 0 Å². The fourth-order valence-electron chi connectivity index (χ4n) is 3.25. The van der Waals surface area contributed by atoms with E-state index in [4.69, 9.17) is 0 Å². The van der Waals surface area contributed by atoms with Crippen LogP contribution in [0, 0.1) is 5.92 Å². The Morgan fingerprint density at radius 3 is 2.63 bits per heavy atom. The number of hydrogen-bond donors (Lipinski definition) is 1. The molecular formula is C15H28N2OS. The van der Waals surface area contributed by atoms with Crippen LogP contribution in [-0.2, 0) is 4.79 Å². The summed E-state index contributed by atoms with van der Waals surface area (Å²) in [4.78, 5) is 14.4. The van der Waals surface area contributed by atoms with Gasteiger partial charge in [0, 0.05) is 43.6 Å². The van der Waals surface area contributed by atoms with Gasteiger partial charge in [-0.2, -0.15) is 11.8 Å². The molecule has 1 saturated carbocycles. The first kappa shape index (κ1) is 15.2. The highest BCUT2D eigenvalue weighted by Crippen LogP contribution is 2.29. The second-order valence-electron chi connectivity index (χ2n) is 6.02. The third-order valence-electron chi connectivity index (χ3n) is 4.75. The predicted molar refractivity (Wildman–Crippen MR) is 82.5 cm³/mol. The van der Waals surface area contributed by atoms with Crippen molar-refractivity contribution in [3.63, 3.8) is 0 Å². The summed E-state index contributed by atoms with van der Waals surface area (Å²) < 4.78 is 0. The molecule has 2 rings (SSSR count). The Morgan fingerprint density at radius 1 is 1.32 bits per heavy atom. The number of rotatable bonds is 4. The zero-order valence-corrected chi connectivity index (χ0v) is 13.2. The number of carbonyl (C=O) groups is 1. The molecule has 2 fully saturated rings. The number of thioether (sulfide) groups is 1. The molecule has 110 valence electrons. The lowest BCUT2D eigenvalue weighted by Gasteiger charge is -2.35. The molecule has 4 heteroatoms. The highest BCUT2D eigenvalue weighted by atomic mass is 32.2. The smallest absolute Gasteiger partial charge is 0.224 e. The summed E-state index contributed by atoms with van der Waals surface area (Å²) in [7, 11) is 2.01. The van der Waals surface area contributed by atoms with E-state index < -0.39 is 0 Å². The summed E-state index contributed by atoms with van der Waals surface area (Å²) in [5.74, 6) is 3.50. The van der Waals surface area contributed by atoms with E-state index in [2.05, 4.69) is 12.2 Å². The highest BCUT2D eigenvalue weighted by Gasteiger charge is 2.27. The van der Waals surface area contributed by atoms with Crippen LogP contribution in [0.3, 0.4) is 0 Å². The van der Waals surface area contributed by atoms with Crippen molar-refractivity contribution in [2.75, 3.05) is 25.1 Å². The van der Waals surface area contributed by atoms with E-state index in [0.717, 1.165) is 18.2 Å². The van der Waals surface area contributed by atoms with Gasteiger partial charge in [0.05, 0.1) is 0 Å². The molecular weight excluding hydrogens is 256 g/mol. The Hall–Kier alpha value is -0.220. The van der Waals surface area contributed by atoms with Crippen molar-refractivity contribution < 1.29 is 4.79 Å². The quantitative estimate of drug-likeness (QED) is 0.861. The molecule has 1 heterocycles. The number of carbonyl (C=O) groups excluding carboxylic acids is 1. The Balaban J connectivity index is 1.75. The zero-order valence-electron chi connectivity index (χ0n) is 12.4. The summed E-state index contributed by atoms with van der Waals surface area (Å²) >= 11 is 1.96. The molecule has 1 atom stereocenters. The number of nitrogens with one attached hydrogen (secondary N) is 1. The number of hydrogen-bond acceptors (Lipinski definition) is 3. The minimum absolute atomic E-state index is 0.333. The predicted octanol–water partition coefficient (Wildman–Crippen LogP) is 2.51. The van der Waals surface area contributed by atoms with Crippen LogP contribution in [0.2, 0.25) is 0 Å². The second-order valence-corrected chi connectivity index (χ2v) is 7.17. The van der Waals surface area contributed by atoms with Gasteiger partial charge >= 0.3 is 0 Å². The van der Waals surface area contributed by atoms with Gasteiger partial charge < -0.3 is 10.2 Å². The van der Waals surface area contributed by atoms with E-state index in [9.17, 15) is 4.79 Å². The third kappa shape index (κ3) is 4.38. The summed E-state index contributed by atoms with van der Waals surface area (Å²) in [5.41, 5.74) is 0. The largest absolute Gasteiger partial charge is 0.343 e. The van der Waals surface area contributed by atoms with Gasteiger partial charge in [-0.25, -0.2) is 0 Å². The summed E-state index contributed by atoms with van der Waals surface area (Å²) in [6.07, 6.45) is 6.98. The van der Waals surface area contributed by atoms with E-state index in [-0.39, 0.29) is 0 Å². The molecule has 19 heavy (non-hydrogen) atoms. The van der Waals surface area contributed by atoms with Gasteiger partial charge in [-0.1, -0.05) is 13.3 Å². The molecule has 0 aromatic rings. The summed E-state index contributed by atoms with van der Waals surface area (Å²) in [5, 5.41) is 3.46. The zero-order chi connectivity index (χ0) is 13.7. The molecule has 0 spiro atoms. The van der Waals surface area contributed by atoms with Gasteiger partial charge in [0.2, 0.25) is 5.91 Å². The molecule has 1 saturated heterocycles. The number of amides is 1. The Labute approximate surface area is 121 Å². The van der Waals surface area contributed by atoms with Crippen molar-refractivity contribution in [2.45, 2.75) is 57.5 Å². The maximum atomic E-state index is 12.3. The van der Waals surface area contributed by atoms with Crippen LogP contribution >= 0.6 is 11.8 Å². The van der Waals surface area contributed by atoms with Crippen LogP contribution in [0.15, 0.2) is 0 Å². The van der Waals surface area contributed by atoms with Gasteiger partial charge in [-0.15, -0.1) is 0 Å². The van der Waals surface area contributed by atoms with Crippen LogP contribution in [0.25, 0.3) is 0 Å². The van der Waals surface area contributed by atoms with Crippen molar-refractivity contribution in [3.8, 4) is 0 Å². The summed E-state index contributed by atoms with van der Waals surface area (Å²) in [6, 6.07) is 0.882. The van der Waals surface area contributed by atoms with Crippen molar-refractivity contribution in [1.29, 1.82) is 0 Å². The van der Waals surface area contributed by atoms with Gasteiger partial charge in [0.1, 0.15) is 0 Å². The molecule has 0 radical (unpaired) electrons. The van der Waals surface area contributed by atoms with Gasteiger partial charge in [0.15, 0.2) is 0 Å². The maximum Gasteiger partial charge on any atom is 0.224 e. The van der Waals surface area contributed by atoms with Crippen molar-refractivity contribution >= 4 is 17.7 Å². The van der Waals surface area contributed by atoms with Gasteiger partial charge in [0.25, 0.3) is 0 Å². The normalized spacial score (nSPS) is 32.0. The Kier molecular flexibility index (Phi) is 6.02. The van der Waals surface area contributed by atoms with Crippen LogP contribution < -0.4 is 5.32 Å². The Morgan fingerprint density at radius 2 is 2.05 bits per heavy atom. The van der Waals surface area contributed by atoms with Crippen LogP contribution in [0.5, 0.6) is 0 Å². The lowest BCUT2D eigenvalue weighted by atomic mass is 9.84. The molecule has 1 unspecified atom stereocenters. The lowest BCUT2D eigenvalue weighted by Crippen LogP contribution is -2.45. The molecule has 0 bridgehead atoms. The minimum Gasteiger partial charge on any atom is -0.343 e. The second kappa shape index (κ2) is 7.53. The van der Waals surface area contributed by atoms with E-state index in [0.29, 0.717) is 24.4 Å². The van der Waals surface area contributed by atoms with E-state index in [1.807, 2.05) is 23.7 Å². The van der Waals surface area contributed by atoms with E-state index in [1.54, 1.807) is 0 Å². The van der Waals surface area contributed by atoms with Crippen molar-refractivity contribution in [1.82, 2.24) is 10.2 Å². The average molecular weight is 284 g/mol. The third-order valence-corrected chi connectivity index (χ3v) is 5.89. The van der Waals surface area contributed by atoms with Crippen molar-refractivity contribution in [2.24, 2.45) is 5.92 Å². The molecule has 3 nitrogen and oxygen atoms in total. The van der Waals surface area contributed by atoms with Gasteiger partial charge in [-0.05, 0) is 31.6 Å². The number of nitrogens with zero attached hydrogens (tertiary/aromatic N) is 1. The molecule has 1 aliphatic heterocycles. The molecule has 1 amide bonds. The first-order valence-electron chi connectivity index (χ1n) is 7.77. The summed E-state index contributed by atoms with van der Waals surface area (Å²) in [6.45, 7) is 3.33. The molecule has 1 aliphatic carbocycles. The topological polar surface area (TPSA) is 32.3 Å². The van der Waals surface area contributed by atoms with Crippen molar-refractivity contribution in [3.05, 3.63) is 0 Å². The van der Waals surface area contributed by atoms with Crippen LogP contribution in [0.4, 0.5) is 0 Å². The monoisotopic (exact) mass is 284 g/mol. The minimum atomic E-state index is 0.333. The lowest BCUT2D eigenvalue weighted by molar-refractivity contribution is -0.133. The molecule has 1 N–H and O–H groups in total. The maximum absolute atomic E-state index is 12.3. The molecule has 2 aliphatic rings. The fourth-order valence-corrected chi connectivity index (χ4v) is 4.20. The van der Waals surface area contributed by atoms with E-state index in [1.165, 1.54) is 37.9 Å². The Bertz CT molecular complexity index is 284. The standard InChI is InChI=1S/C15H28N2OS/c1-3-12-4-6-14(7-5-12)17(2)15(18)10-13-11-19-9-8-16-13/h12-14,16H,3-11H2,1-2H3. The van der Waals surface area contributed by atoms with Crippen LogP contribution in [-0.4, -0.2) is 48.0 Å². The highest BCUT2D eigenvalue weighted by molar-refractivity contribution is 7.99. The van der Waals surface area contributed by atoms with Crippen LogP contribution in [0.1, 0.15) is 45.4 Å². The molecule has 0 aromatic heterocycles. The molecule has 0 aromatic carbocycles. The first-order valence-corrected chi connectivity index (χ1v) is 8.93. The fraction of sp³-hybridized carbons (Fsp3) is 0.933. The van der Waals surface area contributed by atoms with Gasteiger partial charge in [-0.3, -0.25) is 4.79 Å². The first-order chi connectivity index (χ1) is 9.20. The SMILES string of the molecule is CCC1CCC(N(C)C(=O)CC2CSCCN2)CC1. The average Bonchev–Trinajstić information content (AvgIpc) is 2.47.